The van der Waals surface area contributed by atoms with Crippen LogP contribution in [0.15, 0.2) is 109 Å². The second kappa shape index (κ2) is 13.2. The van der Waals surface area contributed by atoms with Crippen molar-refractivity contribution in [1.29, 1.82) is 0 Å². The van der Waals surface area contributed by atoms with E-state index in [1.165, 1.54) is 0 Å². The van der Waals surface area contributed by atoms with Gasteiger partial charge >= 0.3 is 9.05 Å². The number of hydrogen-bond acceptors (Lipinski definition) is 4. The molecule has 0 aliphatic rings. The summed E-state index contributed by atoms with van der Waals surface area (Å²) in [5.74, 6) is 1.91. The third-order valence-electron chi connectivity index (χ3n) is 4.52. The summed E-state index contributed by atoms with van der Waals surface area (Å²) in [6.07, 6.45) is 0. The lowest BCUT2D eigenvalue weighted by Crippen LogP contribution is -2.60. The van der Waals surface area contributed by atoms with Crippen LogP contribution in [-0.2, 0) is 0 Å². The van der Waals surface area contributed by atoms with Gasteiger partial charge < -0.3 is 17.7 Å². The van der Waals surface area contributed by atoms with Crippen LogP contribution < -0.4 is 17.7 Å². The van der Waals surface area contributed by atoms with Gasteiger partial charge in [0.05, 0.1) is 17.9 Å². The Morgan fingerprint density at radius 2 is 0.568 bits per heavy atom. The fourth-order valence-corrected chi connectivity index (χ4v) is 10.0. The van der Waals surface area contributed by atoms with E-state index in [1.807, 2.05) is 48.5 Å². The van der Waals surface area contributed by atoms with E-state index in [9.17, 15) is 0 Å². The van der Waals surface area contributed by atoms with Gasteiger partial charge in [0.15, 0.2) is 0 Å². The Morgan fingerprint density at radius 3 is 0.757 bits per heavy atom. The molecule has 37 heavy (non-hydrogen) atoms. The molecule has 192 valence electrons. The van der Waals surface area contributed by atoms with Crippen LogP contribution in [-0.4, -0.2) is 9.05 Å². The number of rotatable bonds is 8. The second-order valence-corrected chi connectivity index (χ2v) is 16.1. The molecule has 0 atom stereocenters. The van der Waals surface area contributed by atoms with Gasteiger partial charge in [0.1, 0.15) is 23.0 Å². The number of hydrogen-bond donors (Lipinski definition) is 0. The summed E-state index contributed by atoms with van der Waals surface area (Å²) in [7, 11) is -4.14. The molecular weight excluding hydrogens is 1020 g/mol. The minimum absolute atomic E-state index is 0.476. The first-order valence-corrected chi connectivity index (χ1v) is 18.1. The fraction of sp³-hybridized carbons (Fsp3) is 0. The van der Waals surface area contributed by atoms with Crippen molar-refractivity contribution in [2.75, 3.05) is 0 Å². The van der Waals surface area contributed by atoms with Gasteiger partial charge in [-0.2, -0.15) is 0 Å². The Hall–Kier alpha value is 0.137. The van der Waals surface area contributed by atoms with Crippen molar-refractivity contribution in [1.82, 2.24) is 0 Å². The summed E-state index contributed by atoms with van der Waals surface area (Å²) in [5.41, 5.74) is 0. The predicted molar refractivity (Wildman–Crippen MR) is 176 cm³/mol. The SMILES string of the molecule is Brc1ccc(O[Si](Oc2ccc(Br)cc2Br)(Oc2ccc(Br)cc2Br)Oc2ccc(Br)cc2Br)c(Br)c1. The van der Waals surface area contributed by atoms with Gasteiger partial charge in [0.2, 0.25) is 0 Å². The molecule has 0 fully saturated rings. The zero-order valence-corrected chi connectivity index (χ0v) is 31.8. The molecule has 0 saturated carbocycles. The van der Waals surface area contributed by atoms with E-state index < -0.39 is 9.05 Å². The molecular formula is C24H12Br8O4Si. The van der Waals surface area contributed by atoms with E-state index in [1.54, 1.807) is 24.3 Å². The summed E-state index contributed by atoms with van der Waals surface area (Å²) in [6, 6.07) is 22.1. The molecule has 0 aliphatic heterocycles. The first-order chi connectivity index (χ1) is 17.5. The Kier molecular flexibility index (Phi) is 10.7. The van der Waals surface area contributed by atoms with Crippen LogP contribution in [0.25, 0.3) is 0 Å². The lowest BCUT2D eigenvalue weighted by molar-refractivity contribution is 0.159. The van der Waals surface area contributed by atoms with Gasteiger partial charge in [-0.1, -0.05) is 63.7 Å². The molecule has 0 aliphatic carbocycles. The summed E-state index contributed by atoms with van der Waals surface area (Å²) in [5, 5.41) is 0. The monoisotopic (exact) mass is 1020 g/mol. The van der Waals surface area contributed by atoms with Crippen LogP contribution >= 0.6 is 127 Å². The van der Waals surface area contributed by atoms with E-state index in [4.69, 9.17) is 17.7 Å². The van der Waals surface area contributed by atoms with Crippen LogP contribution in [0.4, 0.5) is 0 Å². The molecule has 4 nitrogen and oxygen atoms in total. The molecule has 0 aromatic heterocycles. The van der Waals surface area contributed by atoms with E-state index in [0.29, 0.717) is 40.9 Å². The summed E-state index contributed by atoms with van der Waals surface area (Å²) >= 11 is 28.3. The highest BCUT2D eigenvalue weighted by molar-refractivity contribution is 9.12. The van der Waals surface area contributed by atoms with E-state index >= 15 is 0 Å². The molecule has 0 saturated heterocycles. The fourth-order valence-electron chi connectivity index (χ4n) is 2.90. The van der Waals surface area contributed by atoms with Gasteiger partial charge in [0, 0.05) is 17.9 Å². The normalized spacial score (nSPS) is 11.2. The molecule has 4 aromatic rings. The van der Waals surface area contributed by atoms with Crippen LogP contribution in [0.5, 0.6) is 23.0 Å². The minimum atomic E-state index is -4.14. The zero-order valence-electron chi connectivity index (χ0n) is 18.1. The molecule has 4 aromatic carbocycles. The largest absolute Gasteiger partial charge is 0.966 e. The molecule has 4 rings (SSSR count). The highest BCUT2D eigenvalue weighted by atomic mass is 79.9. The van der Waals surface area contributed by atoms with Crippen LogP contribution in [0.3, 0.4) is 0 Å². The third kappa shape index (κ3) is 8.09. The molecule has 0 heterocycles. The maximum absolute atomic E-state index is 6.56. The maximum Gasteiger partial charge on any atom is 0.966 e. The third-order valence-corrected chi connectivity index (χ3v) is 10.8. The average molecular weight is 1030 g/mol. The Bertz CT molecular complexity index is 1230. The molecule has 0 radical (unpaired) electrons. The lowest BCUT2D eigenvalue weighted by Gasteiger charge is -2.30. The highest BCUT2D eigenvalue weighted by Gasteiger charge is 2.59. The zero-order chi connectivity index (χ0) is 26.7. The summed E-state index contributed by atoms with van der Waals surface area (Å²) in [6.45, 7) is 0. The van der Waals surface area contributed by atoms with Crippen molar-refractivity contribution in [3.8, 4) is 23.0 Å². The van der Waals surface area contributed by atoms with Crippen molar-refractivity contribution in [3.05, 3.63) is 109 Å². The first-order valence-electron chi connectivity index (χ1n) is 10.1. The Labute approximate surface area is 282 Å². The van der Waals surface area contributed by atoms with E-state index in [-0.39, 0.29) is 0 Å². The van der Waals surface area contributed by atoms with Gasteiger partial charge in [-0.05, 0) is 137 Å². The van der Waals surface area contributed by atoms with Crippen molar-refractivity contribution >= 4 is 136 Å². The van der Waals surface area contributed by atoms with Crippen LogP contribution in [0, 0.1) is 0 Å². The minimum Gasteiger partial charge on any atom is -0.451 e. The van der Waals surface area contributed by atoms with E-state index in [2.05, 4.69) is 127 Å². The summed E-state index contributed by atoms with van der Waals surface area (Å²) in [4.78, 5) is 0. The predicted octanol–water partition coefficient (Wildman–Crippen LogP) is 11.8. The second-order valence-electron chi connectivity index (χ2n) is 7.21. The first kappa shape index (κ1) is 30.1. The molecule has 13 heteroatoms. The molecule has 0 amide bonds. The number of benzene rings is 4. The maximum atomic E-state index is 6.56. The van der Waals surface area contributed by atoms with Crippen LogP contribution in [0.1, 0.15) is 0 Å². The van der Waals surface area contributed by atoms with Gasteiger partial charge in [-0.15, -0.1) is 0 Å². The van der Waals surface area contributed by atoms with Crippen molar-refractivity contribution in [2.45, 2.75) is 0 Å². The molecule has 0 bridgehead atoms. The Morgan fingerprint density at radius 1 is 0.351 bits per heavy atom. The smallest absolute Gasteiger partial charge is 0.451 e. The Balaban J connectivity index is 1.89. The van der Waals surface area contributed by atoms with Gasteiger partial charge in [0.25, 0.3) is 0 Å². The topological polar surface area (TPSA) is 36.9 Å². The summed E-state index contributed by atoms with van der Waals surface area (Å²) < 4.78 is 32.5. The van der Waals surface area contributed by atoms with E-state index in [0.717, 1.165) is 17.9 Å². The standard InChI is InChI=1S/C24H12Br8O4Si/c25-13-1-5-21(17(29)9-13)33-37(34-22-6-2-14(26)10-18(22)30,35-23-7-3-15(27)11-19(23)31)36-24-8-4-16(28)12-20(24)32/h1-12H. The number of halogens is 8. The van der Waals surface area contributed by atoms with Crippen molar-refractivity contribution < 1.29 is 17.7 Å². The quantitative estimate of drug-likeness (QED) is 0.165. The van der Waals surface area contributed by atoms with Crippen molar-refractivity contribution in [2.24, 2.45) is 0 Å². The van der Waals surface area contributed by atoms with Crippen molar-refractivity contribution in [3.63, 3.8) is 0 Å². The van der Waals surface area contributed by atoms with Crippen LogP contribution in [0.2, 0.25) is 0 Å². The van der Waals surface area contributed by atoms with Gasteiger partial charge in [-0.3, -0.25) is 0 Å². The molecule has 0 unspecified atom stereocenters. The molecule has 0 spiro atoms. The lowest BCUT2D eigenvalue weighted by atomic mass is 10.3. The molecule has 0 N–H and O–H groups in total. The average Bonchev–Trinajstić information content (AvgIpc) is 2.82. The van der Waals surface area contributed by atoms with Gasteiger partial charge in [-0.25, -0.2) is 0 Å². The highest BCUT2D eigenvalue weighted by Crippen LogP contribution is 2.39.